The van der Waals surface area contributed by atoms with E-state index in [-0.39, 0.29) is 44.5 Å². The summed E-state index contributed by atoms with van der Waals surface area (Å²) in [5.74, 6) is 0.370. The van der Waals surface area contributed by atoms with Crippen molar-refractivity contribution in [3.05, 3.63) is 0 Å². The zero-order chi connectivity index (χ0) is 10.5. The molecular weight excluding hydrogens is 256 g/mol. The van der Waals surface area contributed by atoms with E-state index in [9.17, 15) is 9.46 Å². The quantitative estimate of drug-likeness (QED) is 0.547. The molecule has 0 N–H and O–H groups in total. The third-order valence-electron chi connectivity index (χ3n) is 1.13. The van der Waals surface area contributed by atoms with Crippen molar-refractivity contribution in [2.75, 3.05) is 13.2 Å². The third kappa shape index (κ3) is 10.8. The SMILES string of the molecule is CC(C)COP(=O)([O-])OCC(C)C.[Zn]. The Morgan fingerprint density at radius 1 is 1.07 bits per heavy atom. The number of rotatable bonds is 6. The van der Waals surface area contributed by atoms with Crippen LogP contribution < -0.4 is 4.89 Å². The molecule has 14 heavy (non-hydrogen) atoms. The number of hydrogen-bond donors (Lipinski definition) is 0. The molecule has 82 valence electrons. The first-order valence-electron chi connectivity index (χ1n) is 4.43. The van der Waals surface area contributed by atoms with Gasteiger partial charge in [-0.2, -0.15) is 0 Å². The van der Waals surface area contributed by atoms with Crippen LogP contribution in [0, 0.1) is 11.8 Å². The van der Waals surface area contributed by atoms with Crippen LogP contribution in [0.5, 0.6) is 0 Å². The molecule has 0 aromatic carbocycles. The molecule has 0 aliphatic heterocycles. The van der Waals surface area contributed by atoms with Crippen molar-refractivity contribution in [1.82, 2.24) is 0 Å². The van der Waals surface area contributed by atoms with E-state index in [1.807, 2.05) is 27.7 Å². The van der Waals surface area contributed by atoms with Gasteiger partial charge in [0.2, 0.25) is 0 Å². The van der Waals surface area contributed by atoms with Crippen LogP contribution in [-0.2, 0) is 33.1 Å². The summed E-state index contributed by atoms with van der Waals surface area (Å²) < 4.78 is 20.3. The Bertz CT molecular complexity index is 168. The zero-order valence-corrected chi connectivity index (χ0v) is 13.2. The molecule has 0 bridgehead atoms. The van der Waals surface area contributed by atoms with Crippen LogP contribution >= 0.6 is 7.82 Å². The molecule has 0 fully saturated rings. The average molecular weight is 275 g/mol. The van der Waals surface area contributed by atoms with Gasteiger partial charge in [-0.1, -0.05) is 27.7 Å². The van der Waals surface area contributed by atoms with E-state index in [0.29, 0.717) is 0 Å². The summed E-state index contributed by atoms with van der Waals surface area (Å²) in [5, 5.41) is 0. The van der Waals surface area contributed by atoms with Gasteiger partial charge in [0.15, 0.2) is 0 Å². The summed E-state index contributed by atoms with van der Waals surface area (Å²) in [7, 11) is -4.05. The van der Waals surface area contributed by atoms with Crippen LogP contribution in [0.4, 0.5) is 0 Å². The molecule has 0 aliphatic rings. The van der Waals surface area contributed by atoms with E-state index in [4.69, 9.17) is 0 Å². The Morgan fingerprint density at radius 2 is 1.36 bits per heavy atom. The van der Waals surface area contributed by atoms with Crippen LogP contribution in [0.15, 0.2) is 0 Å². The Labute approximate surface area is 98.7 Å². The van der Waals surface area contributed by atoms with E-state index in [2.05, 4.69) is 9.05 Å². The maximum Gasteiger partial charge on any atom is 0.267 e. The van der Waals surface area contributed by atoms with Crippen molar-refractivity contribution in [2.45, 2.75) is 27.7 Å². The number of phosphoric acid groups is 1. The minimum Gasteiger partial charge on any atom is -0.756 e. The van der Waals surface area contributed by atoms with Gasteiger partial charge in [-0.25, -0.2) is 0 Å². The molecule has 0 rings (SSSR count). The summed E-state index contributed by atoms with van der Waals surface area (Å²) in [6.45, 7) is 7.87. The van der Waals surface area contributed by atoms with Gasteiger partial charge in [-0.3, -0.25) is 4.57 Å². The maximum atomic E-state index is 11.0. The topological polar surface area (TPSA) is 58.6 Å². The Balaban J connectivity index is 0. The molecule has 0 aromatic heterocycles. The normalized spacial score (nSPS) is 11.9. The smallest absolute Gasteiger partial charge is 0.267 e. The van der Waals surface area contributed by atoms with Gasteiger partial charge >= 0.3 is 0 Å². The summed E-state index contributed by atoms with van der Waals surface area (Å²) in [6.07, 6.45) is 0. The first-order chi connectivity index (χ1) is 5.83. The summed E-state index contributed by atoms with van der Waals surface area (Å²) in [5.41, 5.74) is 0. The Kier molecular flexibility index (Phi) is 9.74. The van der Waals surface area contributed by atoms with Crippen LogP contribution in [0.2, 0.25) is 0 Å². The molecule has 0 amide bonds. The van der Waals surface area contributed by atoms with E-state index in [1.54, 1.807) is 0 Å². The average Bonchev–Trinajstić information content (AvgIpc) is 1.98. The molecule has 0 aliphatic carbocycles. The van der Waals surface area contributed by atoms with Gasteiger partial charge in [-0.15, -0.1) is 0 Å². The second kappa shape index (κ2) is 7.95. The van der Waals surface area contributed by atoms with Crippen molar-refractivity contribution < 1.29 is 38.0 Å². The van der Waals surface area contributed by atoms with Crippen LogP contribution in [-0.4, -0.2) is 13.2 Å². The minimum atomic E-state index is -4.05. The third-order valence-corrected chi connectivity index (χ3v) is 2.06. The Hall–Kier alpha value is 0.733. The predicted molar refractivity (Wildman–Crippen MR) is 49.2 cm³/mol. The summed E-state index contributed by atoms with van der Waals surface area (Å²) >= 11 is 0. The van der Waals surface area contributed by atoms with Crippen LogP contribution in [0.1, 0.15) is 27.7 Å². The molecule has 0 saturated carbocycles. The summed E-state index contributed by atoms with van der Waals surface area (Å²) in [4.78, 5) is 11.0. The van der Waals surface area contributed by atoms with E-state index in [0.717, 1.165) is 0 Å². The van der Waals surface area contributed by atoms with Crippen molar-refractivity contribution in [2.24, 2.45) is 11.8 Å². The first-order valence-corrected chi connectivity index (χ1v) is 5.89. The molecule has 4 nitrogen and oxygen atoms in total. The van der Waals surface area contributed by atoms with Crippen molar-refractivity contribution in [3.8, 4) is 0 Å². The van der Waals surface area contributed by atoms with Gasteiger partial charge in [-0.05, 0) is 11.8 Å². The van der Waals surface area contributed by atoms with Gasteiger partial charge < -0.3 is 13.9 Å². The van der Waals surface area contributed by atoms with Crippen LogP contribution in [0.3, 0.4) is 0 Å². The van der Waals surface area contributed by atoms with Gasteiger partial charge in [0, 0.05) is 19.5 Å². The summed E-state index contributed by atoms with van der Waals surface area (Å²) in [6, 6.07) is 0. The molecule has 0 saturated heterocycles. The van der Waals surface area contributed by atoms with Crippen molar-refractivity contribution in [1.29, 1.82) is 0 Å². The monoisotopic (exact) mass is 273 g/mol. The van der Waals surface area contributed by atoms with Crippen LogP contribution in [0.25, 0.3) is 0 Å². The van der Waals surface area contributed by atoms with Gasteiger partial charge in [0.05, 0.1) is 13.2 Å². The van der Waals surface area contributed by atoms with Crippen molar-refractivity contribution >= 4 is 7.82 Å². The predicted octanol–water partition coefficient (Wildman–Crippen LogP) is 1.80. The number of phosphoric ester groups is 1. The first kappa shape index (κ1) is 17.1. The Morgan fingerprint density at radius 3 is 1.57 bits per heavy atom. The zero-order valence-electron chi connectivity index (χ0n) is 9.36. The van der Waals surface area contributed by atoms with Crippen molar-refractivity contribution in [3.63, 3.8) is 0 Å². The number of hydrogen-bond acceptors (Lipinski definition) is 4. The molecular formula is C8H18O4PZn-. The molecule has 0 unspecified atom stereocenters. The molecule has 0 spiro atoms. The second-order valence-corrected chi connectivity index (χ2v) is 5.24. The minimum absolute atomic E-state index is 0. The molecule has 0 heterocycles. The fraction of sp³-hybridized carbons (Fsp3) is 1.00. The largest absolute Gasteiger partial charge is 0.756 e. The van der Waals surface area contributed by atoms with Gasteiger partial charge in [0.1, 0.15) is 0 Å². The van der Waals surface area contributed by atoms with E-state index >= 15 is 0 Å². The molecule has 6 heteroatoms. The molecule has 0 atom stereocenters. The maximum absolute atomic E-state index is 11.0. The second-order valence-electron chi connectivity index (χ2n) is 3.83. The molecule has 0 aromatic rings. The fourth-order valence-corrected chi connectivity index (χ4v) is 1.55. The fourth-order valence-electron chi connectivity index (χ4n) is 0.518. The van der Waals surface area contributed by atoms with E-state index < -0.39 is 7.82 Å². The molecule has 0 radical (unpaired) electrons. The van der Waals surface area contributed by atoms with Gasteiger partial charge in [0.25, 0.3) is 7.82 Å². The van der Waals surface area contributed by atoms with E-state index in [1.165, 1.54) is 0 Å². The standard InChI is InChI=1S/C8H19O4P.Zn/c1-7(2)5-11-13(9,10)12-6-8(3)4;/h7-8H,5-6H2,1-4H3,(H,9,10);/p-1.